The molecule has 3 aromatic rings. The van der Waals surface area contributed by atoms with Crippen molar-refractivity contribution in [3.63, 3.8) is 0 Å². The van der Waals surface area contributed by atoms with Crippen molar-refractivity contribution in [3.8, 4) is 0 Å². The first-order chi connectivity index (χ1) is 13.7. The molecule has 1 aromatic carbocycles. The summed E-state index contributed by atoms with van der Waals surface area (Å²) in [6, 6.07) is 8.93. The van der Waals surface area contributed by atoms with Gasteiger partial charge in [0.2, 0.25) is 11.9 Å². The highest BCUT2D eigenvalue weighted by molar-refractivity contribution is 7.92. The number of carbonyl (C=O) groups excluding carboxylic acids is 1. The van der Waals surface area contributed by atoms with Gasteiger partial charge in [0.15, 0.2) is 0 Å². The standard InChI is InChI=1S/C19H22N6O3S/c1-12-11-13(2)22-19(21-12)24-29(27,28)17-7-5-16(6-8-17)23-18(26)15(4)25-14(3)9-10-20-25/h5-11,15H,1-4H3,(H,23,26)(H,21,22,24). The Balaban J connectivity index is 1.72. The van der Waals surface area contributed by atoms with Gasteiger partial charge in [0.1, 0.15) is 6.04 Å². The minimum absolute atomic E-state index is 0.0169. The van der Waals surface area contributed by atoms with Gasteiger partial charge in [-0.25, -0.2) is 23.1 Å². The molecule has 0 bridgehead atoms. The highest BCUT2D eigenvalue weighted by atomic mass is 32.2. The molecule has 0 aliphatic heterocycles. The van der Waals surface area contributed by atoms with E-state index in [9.17, 15) is 13.2 Å². The van der Waals surface area contributed by atoms with Crippen molar-refractivity contribution in [3.05, 3.63) is 59.7 Å². The summed E-state index contributed by atoms with van der Waals surface area (Å²) in [6.45, 7) is 7.12. The van der Waals surface area contributed by atoms with E-state index in [1.807, 2.05) is 13.0 Å². The number of hydrogen-bond acceptors (Lipinski definition) is 6. The number of rotatable bonds is 6. The van der Waals surface area contributed by atoms with Crippen LogP contribution in [0.15, 0.2) is 47.5 Å². The molecule has 1 amide bonds. The van der Waals surface area contributed by atoms with Gasteiger partial charge < -0.3 is 5.32 Å². The predicted molar refractivity (Wildman–Crippen MR) is 109 cm³/mol. The van der Waals surface area contributed by atoms with Crippen LogP contribution in [0.5, 0.6) is 0 Å². The average molecular weight is 414 g/mol. The third-order valence-electron chi connectivity index (χ3n) is 4.25. The van der Waals surface area contributed by atoms with Gasteiger partial charge in [-0.15, -0.1) is 0 Å². The van der Waals surface area contributed by atoms with Crippen LogP contribution >= 0.6 is 0 Å². The van der Waals surface area contributed by atoms with Crippen LogP contribution in [0.2, 0.25) is 0 Å². The van der Waals surface area contributed by atoms with Crippen LogP contribution in [-0.2, 0) is 14.8 Å². The number of aryl methyl sites for hydroxylation is 3. The Morgan fingerprint density at radius 3 is 2.21 bits per heavy atom. The first kappa shape index (κ1) is 20.5. The van der Waals surface area contributed by atoms with Crippen molar-refractivity contribution in [2.45, 2.75) is 38.6 Å². The second kappa shape index (κ2) is 8.00. The van der Waals surface area contributed by atoms with E-state index in [2.05, 4.69) is 25.1 Å². The number of nitrogens with one attached hydrogen (secondary N) is 2. The van der Waals surface area contributed by atoms with Crippen LogP contribution < -0.4 is 10.0 Å². The van der Waals surface area contributed by atoms with Gasteiger partial charge in [-0.1, -0.05) is 0 Å². The summed E-state index contributed by atoms with van der Waals surface area (Å²) in [4.78, 5) is 20.6. The van der Waals surface area contributed by atoms with Gasteiger partial charge in [0.05, 0.1) is 4.90 Å². The highest BCUT2D eigenvalue weighted by Crippen LogP contribution is 2.18. The molecule has 0 saturated heterocycles. The van der Waals surface area contributed by atoms with Gasteiger partial charge in [0.25, 0.3) is 10.0 Å². The number of amides is 1. The Kier molecular flexibility index (Phi) is 5.64. The molecule has 2 aromatic heterocycles. The molecule has 0 aliphatic carbocycles. The van der Waals surface area contributed by atoms with E-state index < -0.39 is 16.1 Å². The summed E-state index contributed by atoms with van der Waals surface area (Å²) in [5.74, 6) is -0.238. The molecule has 9 nitrogen and oxygen atoms in total. The summed E-state index contributed by atoms with van der Waals surface area (Å²) >= 11 is 0. The fraction of sp³-hybridized carbons (Fsp3) is 0.263. The first-order valence-corrected chi connectivity index (χ1v) is 10.4. The molecule has 0 aliphatic rings. The zero-order valence-corrected chi connectivity index (χ0v) is 17.4. The van der Waals surface area contributed by atoms with E-state index in [1.54, 1.807) is 37.7 Å². The highest BCUT2D eigenvalue weighted by Gasteiger charge is 2.19. The lowest BCUT2D eigenvalue weighted by molar-refractivity contribution is -0.119. The number of anilines is 2. The molecule has 0 saturated carbocycles. The van der Waals surface area contributed by atoms with E-state index in [0.717, 1.165) is 5.69 Å². The van der Waals surface area contributed by atoms with E-state index >= 15 is 0 Å². The third kappa shape index (κ3) is 4.77. The Bertz CT molecular complexity index is 1120. The van der Waals surface area contributed by atoms with Gasteiger partial charge in [-0.05, 0) is 64.1 Å². The lowest BCUT2D eigenvalue weighted by atomic mass is 10.2. The van der Waals surface area contributed by atoms with Crippen LogP contribution in [0.1, 0.15) is 30.0 Å². The molecule has 152 valence electrons. The van der Waals surface area contributed by atoms with Gasteiger partial charge >= 0.3 is 0 Å². The lowest BCUT2D eigenvalue weighted by Crippen LogP contribution is -2.25. The Morgan fingerprint density at radius 2 is 1.66 bits per heavy atom. The van der Waals surface area contributed by atoms with Crippen LogP contribution in [0.3, 0.4) is 0 Å². The largest absolute Gasteiger partial charge is 0.324 e. The number of nitrogens with zero attached hydrogens (tertiary/aromatic N) is 4. The second-order valence-electron chi connectivity index (χ2n) is 6.69. The summed E-state index contributed by atoms with van der Waals surface area (Å²) in [5, 5.41) is 6.89. The first-order valence-electron chi connectivity index (χ1n) is 8.92. The topological polar surface area (TPSA) is 119 Å². The summed E-state index contributed by atoms with van der Waals surface area (Å²) in [5.41, 5.74) is 2.67. The van der Waals surface area contributed by atoms with E-state index in [0.29, 0.717) is 17.1 Å². The van der Waals surface area contributed by atoms with Crippen molar-refractivity contribution >= 4 is 27.6 Å². The Labute approximate surface area is 169 Å². The van der Waals surface area contributed by atoms with E-state index in [1.165, 1.54) is 24.3 Å². The number of hydrogen-bond donors (Lipinski definition) is 2. The molecule has 29 heavy (non-hydrogen) atoms. The molecule has 10 heteroatoms. The maximum absolute atomic E-state index is 12.6. The molecule has 3 rings (SSSR count). The normalized spacial score (nSPS) is 12.4. The van der Waals surface area contributed by atoms with Crippen LogP contribution in [0.25, 0.3) is 0 Å². The number of aromatic nitrogens is 4. The minimum Gasteiger partial charge on any atom is -0.324 e. The molecule has 1 atom stereocenters. The van der Waals surface area contributed by atoms with E-state index in [-0.39, 0.29) is 16.8 Å². The number of sulfonamides is 1. The second-order valence-corrected chi connectivity index (χ2v) is 8.37. The number of carbonyl (C=O) groups is 1. The Hall–Kier alpha value is -3.27. The minimum atomic E-state index is -3.85. The Morgan fingerprint density at radius 1 is 1.03 bits per heavy atom. The van der Waals surface area contributed by atoms with Gasteiger partial charge in [-0.2, -0.15) is 5.10 Å². The zero-order valence-electron chi connectivity index (χ0n) is 16.5. The molecular formula is C19H22N6O3S. The molecule has 0 fully saturated rings. The van der Waals surface area contributed by atoms with E-state index in [4.69, 9.17) is 0 Å². The van der Waals surface area contributed by atoms with Crippen molar-refractivity contribution in [2.24, 2.45) is 0 Å². The molecule has 2 heterocycles. The van der Waals surface area contributed by atoms with Crippen molar-refractivity contribution in [2.75, 3.05) is 10.0 Å². The van der Waals surface area contributed by atoms with Crippen molar-refractivity contribution in [1.29, 1.82) is 0 Å². The molecule has 2 N–H and O–H groups in total. The smallest absolute Gasteiger partial charge is 0.264 e. The number of benzene rings is 1. The van der Waals surface area contributed by atoms with Gasteiger partial charge in [-0.3, -0.25) is 9.48 Å². The van der Waals surface area contributed by atoms with Crippen LogP contribution in [-0.4, -0.2) is 34.1 Å². The van der Waals surface area contributed by atoms with Crippen LogP contribution in [0.4, 0.5) is 11.6 Å². The van der Waals surface area contributed by atoms with Crippen molar-refractivity contribution < 1.29 is 13.2 Å². The summed E-state index contributed by atoms with van der Waals surface area (Å²) in [7, 11) is -3.85. The average Bonchev–Trinajstić information content (AvgIpc) is 3.06. The van der Waals surface area contributed by atoms with Crippen LogP contribution in [0, 0.1) is 20.8 Å². The van der Waals surface area contributed by atoms with Crippen molar-refractivity contribution in [1.82, 2.24) is 19.7 Å². The molecular weight excluding hydrogens is 392 g/mol. The zero-order chi connectivity index (χ0) is 21.2. The monoisotopic (exact) mass is 414 g/mol. The summed E-state index contributed by atoms with van der Waals surface area (Å²) < 4.78 is 29.1. The molecule has 1 unspecified atom stereocenters. The summed E-state index contributed by atoms with van der Waals surface area (Å²) in [6.07, 6.45) is 1.63. The third-order valence-corrected chi connectivity index (χ3v) is 5.60. The molecule has 0 radical (unpaired) electrons. The predicted octanol–water partition coefficient (Wildman–Crippen LogP) is 2.60. The fourth-order valence-electron chi connectivity index (χ4n) is 2.81. The maximum atomic E-state index is 12.6. The fourth-order valence-corrected chi connectivity index (χ4v) is 3.76. The molecule has 0 spiro atoms. The maximum Gasteiger partial charge on any atom is 0.264 e. The SMILES string of the molecule is Cc1cc(C)nc(NS(=O)(=O)c2ccc(NC(=O)C(C)n3nccc3C)cc2)n1. The van der Waals surface area contributed by atoms with Gasteiger partial charge in [0, 0.05) is 29.0 Å². The quantitative estimate of drug-likeness (QED) is 0.640. The lowest BCUT2D eigenvalue weighted by Gasteiger charge is -2.14.